The second kappa shape index (κ2) is 7.57. The first-order valence-corrected chi connectivity index (χ1v) is 5.24. The lowest BCUT2D eigenvalue weighted by molar-refractivity contribution is 0.450. The average Bonchev–Trinajstić information content (AvgIpc) is 2.26. The van der Waals surface area contributed by atoms with Gasteiger partial charge in [0.05, 0.1) is 0 Å². The third kappa shape index (κ3) is 5.07. The molecule has 0 fully saturated rings. The quantitative estimate of drug-likeness (QED) is 0.642. The maximum absolute atomic E-state index is 9.21. The van der Waals surface area contributed by atoms with Crippen molar-refractivity contribution in [2.45, 2.75) is 13.8 Å². The SMILES string of the molecule is Cc1cccc(C)c1O.Oc1cccc(O)c1.P. The molecule has 0 aromatic heterocycles. The zero-order valence-electron chi connectivity index (χ0n) is 10.6. The number of aryl methyl sites for hydroxylation is 2. The summed E-state index contributed by atoms with van der Waals surface area (Å²) in [5.41, 5.74) is 1.88. The molecule has 1 unspecified atom stereocenters. The first-order valence-electron chi connectivity index (χ1n) is 5.24. The highest BCUT2D eigenvalue weighted by Crippen LogP contribution is 2.19. The van der Waals surface area contributed by atoms with E-state index in [0.29, 0.717) is 5.75 Å². The van der Waals surface area contributed by atoms with Gasteiger partial charge in [-0.3, -0.25) is 0 Å². The molecule has 2 aromatic rings. The highest BCUT2D eigenvalue weighted by Gasteiger charge is 1.95. The lowest BCUT2D eigenvalue weighted by Crippen LogP contribution is -1.76. The fraction of sp³-hybridized carbons (Fsp3) is 0.143. The second-order valence-electron chi connectivity index (χ2n) is 3.76. The Morgan fingerprint density at radius 2 is 1.11 bits per heavy atom. The normalized spacial score (nSPS) is 8.78. The number of para-hydroxylation sites is 1. The Morgan fingerprint density at radius 3 is 1.39 bits per heavy atom. The van der Waals surface area contributed by atoms with Gasteiger partial charge in [-0.25, -0.2) is 0 Å². The Kier molecular flexibility index (Phi) is 6.84. The fourth-order valence-corrected chi connectivity index (χ4v) is 1.30. The van der Waals surface area contributed by atoms with E-state index in [1.807, 2.05) is 32.0 Å². The number of phenols is 3. The monoisotopic (exact) mass is 266 g/mol. The van der Waals surface area contributed by atoms with Gasteiger partial charge in [-0.1, -0.05) is 24.3 Å². The Hall–Kier alpha value is -1.73. The van der Waals surface area contributed by atoms with Crippen molar-refractivity contribution in [2.75, 3.05) is 0 Å². The smallest absolute Gasteiger partial charge is 0.121 e. The molecule has 2 rings (SSSR count). The summed E-state index contributed by atoms with van der Waals surface area (Å²) in [6.07, 6.45) is 0. The van der Waals surface area contributed by atoms with Gasteiger partial charge in [-0.15, -0.1) is 0 Å². The summed E-state index contributed by atoms with van der Waals surface area (Å²) in [6, 6.07) is 11.6. The van der Waals surface area contributed by atoms with Gasteiger partial charge >= 0.3 is 0 Å². The van der Waals surface area contributed by atoms with Crippen LogP contribution >= 0.6 is 9.90 Å². The van der Waals surface area contributed by atoms with Crippen LogP contribution in [-0.2, 0) is 0 Å². The molecule has 18 heavy (non-hydrogen) atoms. The van der Waals surface area contributed by atoms with E-state index < -0.39 is 0 Å². The van der Waals surface area contributed by atoms with Crippen LogP contribution < -0.4 is 0 Å². The molecule has 0 aliphatic carbocycles. The van der Waals surface area contributed by atoms with Gasteiger partial charge < -0.3 is 15.3 Å². The van der Waals surface area contributed by atoms with Gasteiger partial charge in [0.25, 0.3) is 0 Å². The van der Waals surface area contributed by atoms with Crippen molar-refractivity contribution in [1.29, 1.82) is 0 Å². The minimum atomic E-state index is 0. The van der Waals surface area contributed by atoms with Gasteiger partial charge in [-0.05, 0) is 37.1 Å². The predicted molar refractivity (Wildman–Crippen MR) is 78.5 cm³/mol. The maximum Gasteiger partial charge on any atom is 0.121 e. The van der Waals surface area contributed by atoms with E-state index in [-0.39, 0.29) is 21.4 Å². The van der Waals surface area contributed by atoms with Gasteiger partial charge in [-0.2, -0.15) is 9.90 Å². The van der Waals surface area contributed by atoms with E-state index in [1.54, 1.807) is 6.07 Å². The van der Waals surface area contributed by atoms with Crippen LogP contribution in [0.2, 0.25) is 0 Å². The van der Waals surface area contributed by atoms with Gasteiger partial charge in [0.1, 0.15) is 17.2 Å². The number of phenolic OH excluding ortho intramolecular Hbond substituents is 3. The van der Waals surface area contributed by atoms with Crippen molar-refractivity contribution in [2.24, 2.45) is 0 Å². The van der Waals surface area contributed by atoms with E-state index in [2.05, 4.69) is 0 Å². The number of hydrogen-bond donors (Lipinski definition) is 3. The summed E-state index contributed by atoms with van der Waals surface area (Å²) in [4.78, 5) is 0. The van der Waals surface area contributed by atoms with Crippen LogP contribution in [0.1, 0.15) is 11.1 Å². The molecule has 0 bridgehead atoms. The molecule has 3 N–H and O–H groups in total. The van der Waals surface area contributed by atoms with Crippen LogP contribution in [0, 0.1) is 13.8 Å². The average molecular weight is 266 g/mol. The van der Waals surface area contributed by atoms with Crippen molar-refractivity contribution < 1.29 is 15.3 Å². The Labute approximate surface area is 110 Å². The van der Waals surface area contributed by atoms with Crippen molar-refractivity contribution in [1.82, 2.24) is 0 Å². The lowest BCUT2D eigenvalue weighted by atomic mass is 10.1. The standard InChI is InChI=1S/C8H10O.C6H6O2.H3P/c1-6-4-3-5-7(2)8(6)9;7-5-2-1-3-6(8)4-5;/h3-5,9H,1-2H3;1-4,7-8H;1H3. The molecule has 0 radical (unpaired) electrons. The second-order valence-corrected chi connectivity index (χ2v) is 3.76. The highest BCUT2D eigenvalue weighted by molar-refractivity contribution is 6.92. The van der Waals surface area contributed by atoms with E-state index in [1.165, 1.54) is 18.2 Å². The summed E-state index contributed by atoms with van der Waals surface area (Å²) in [6.45, 7) is 3.78. The summed E-state index contributed by atoms with van der Waals surface area (Å²) < 4.78 is 0. The van der Waals surface area contributed by atoms with E-state index >= 15 is 0 Å². The third-order valence-corrected chi connectivity index (χ3v) is 2.27. The largest absolute Gasteiger partial charge is 0.508 e. The van der Waals surface area contributed by atoms with E-state index in [4.69, 9.17) is 10.2 Å². The first-order chi connectivity index (χ1) is 8.00. The van der Waals surface area contributed by atoms with Crippen molar-refractivity contribution in [3.8, 4) is 17.2 Å². The molecule has 3 nitrogen and oxygen atoms in total. The van der Waals surface area contributed by atoms with Crippen molar-refractivity contribution >= 4 is 9.90 Å². The highest BCUT2D eigenvalue weighted by atomic mass is 31.0. The number of rotatable bonds is 0. The molecular formula is C14H19O3P. The molecule has 98 valence electrons. The van der Waals surface area contributed by atoms with E-state index in [0.717, 1.165) is 11.1 Å². The molecule has 4 heteroatoms. The summed E-state index contributed by atoms with van der Waals surface area (Å²) in [7, 11) is 0. The Bertz CT molecular complexity index is 461. The van der Waals surface area contributed by atoms with Crippen LogP contribution in [0.3, 0.4) is 0 Å². The molecule has 0 aliphatic heterocycles. The molecule has 0 heterocycles. The van der Waals surface area contributed by atoms with E-state index in [9.17, 15) is 5.11 Å². The topological polar surface area (TPSA) is 60.7 Å². The molecule has 2 aromatic carbocycles. The first kappa shape index (κ1) is 16.3. The van der Waals surface area contributed by atoms with Crippen LogP contribution in [-0.4, -0.2) is 15.3 Å². The molecule has 0 spiro atoms. The Morgan fingerprint density at radius 1 is 0.722 bits per heavy atom. The van der Waals surface area contributed by atoms with Crippen LogP contribution in [0.15, 0.2) is 42.5 Å². The van der Waals surface area contributed by atoms with Crippen LogP contribution in [0.4, 0.5) is 0 Å². The molecule has 1 atom stereocenters. The zero-order valence-corrected chi connectivity index (χ0v) is 12.0. The van der Waals surface area contributed by atoms with Gasteiger partial charge in [0.2, 0.25) is 0 Å². The van der Waals surface area contributed by atoms with Gasteiger partial charge in [0, 0.05) is 6.07 Å². The maximum atomic E-state index is 9.21. The van der Waals surface area contributed by atoms with Crippen molar-refractivity contribution in [3.05, 3.63) is 53.6 Å². The molecule has 0 saturated carbocycles. The van der Waals surface area contributed by atoms with Crippen molar-refractivity contribution in [3.63, 3.8) is 0 Å². The van der Waals surface area contributed by atoms with Gasteiger partial charge in [0.15, 0.2) is 0 Å². The predicted octanol–water partition coefficient (Wildman–Crippen LogP) is 3.16. The summed E-state index contributed by atoms with van der Waals surface area (Å²) in [5, 5.41) is 26.5. The molecule has 0 aliphatic rings. The Balaban J connectivity index is 0.000000306. The molecule has 0 saturated heterocycles. The molecule has 0 amide bonds. The fourth-order valence-electron chi connectivity index (χ4n) is 1.30. The zero-order chi connectivity index (χ0) is 12.8. The lowest BCUT2D eigenvalue weighted by Gasteiger charge is -1.99. The van der Waals surface area contributed by atoms with Crippen LogP contribution in [0.25, 0.3) is 0 Å². The number of hydrogen-bond acceptors (Lipinski definition) is 3. The van der Waals surface area contributed by atoms with Crippen LogP contribution in [0.5, 0.6) is 17.2 Å². The number of benzene rings is 2. The summed E-state index contributed by atoms with van der Waals surface area (Å²) in [5.74, 6) is 0.590. The summed E-state index contributed by atoms with van der Waals surface area (Å²) >= 11 is 0. The third-order valence-electron chi connectivity index (χ3n) is 2.27. The molecular weight excluding hydrogens is 247 g/mol. The minimum absolute atomic E-state index is 0. The minimum Gasteiger partial charge on any atom is -0.508 e. The number of aromatic hydroxyl groups is 3.